The molecular weight excluding hydrogens is 278 g/mol. The zero-order valence-corrected chi connectivity index (χ0v) is 11.6. The van der Waals surface area contributed by atoms with Crippen molar-refractivity contribution in [3.8, 4) is 11.5 Å². The minimum absolute atomic E-state index is 0.279. The van der Waals surface area contributed by atoms with E-state index in [4.69, 9.17) is 9.47 Å². The largest absolute Gasteiger partial charge is 0.450 e. The molecule has 0 unspecified atom stereocenters. The van der Waals surface area contributed by atoms with E-state index < -0.39 is 17.4 Å². The fourth-order valence-electron chi connectivity index (χ4n) is 1.74. The fourth-order valence-corrected chi connectivity index (χ4v) is 1.74. The molecule has 1 aromatic heterocycles. The Labute approximate surface area is 121 Å². The first-order valence-corrected chi connectivity index (χ1v) is 6.46. The van der Waals surface area contributed by atoms with E-state index in [0.717, 1.165) is 0 Å². The fraction of sp³-hybridized carbons (Fsp3) is 0.267. The van der Waals surface area contributed by atoms with Crippen LogP contribution in [0.2, 0.25) is 0 Å². The van der Waals surface area contributed by atoms with Crippen molar-refractivity contribution < 1.29 is 18.3 Å². The lowest BCUT2D eigenvalue weighted by Gasteiger charge is -2.10. The van der Waals surface area contributed by atoms with Crippen molar-refractivity contribution in [3.05, 3.63) is 53.9 Å². The summed E-state index contributed by atoms with van der Waals surface area (Å²) in [5, 5.41) is 3.02. The summed E-state index contributed by atoms with van der Waals surface area (Å²) >= 11 is 0. The van der Waals surface area contributed by atoms with Crippen LogP contribution in [-0.2, 0) is 11.3 Å². The minimum Gasteiger partial charge on any atom is -0.450 e. The molecule has 0 aliphatic heterocycles. The molecule has 0 atom stereocenters. The van der Waals surface area contributed by atoms with Gasteiger partial charge in [-0.25, -0.2) is 8.78 Å². The Morgan fingerprint density at radius 1 is 1.24 bits per heavy atom. The van der Waals surface area contributed by atoms with Crippen LogP contribution in [0.3, 0.4) is 0 Å². The highest BCUT2D eigenvalue weighted by Crippen LogP contribution is 2.28. The number of halogens is 2. The molecular formula is C15H16F2N2O2. The molecule has 0 bridgehead atoms. The number of hydrogen-bond acceptors (Lipinski definition) is 4. The van der Waals surface area contributed by atoms with E-state index in [1.54, 1.807) is 25.4 Å². The van der Waals surface area contributed by atoms with Gasteiger partial charge in [0.25, 0.3) is 0 Å². The van der Waals surface area contributed by atoms with Crippen LogP contribution in [0.5, 0.6) is 11.5 Å². The van der Waals surface area contributed by atoms with Crippen molar-refractivity contribution in [2.45, 2.75) is 6.54 Å². The average Bonchev–Trinajstić information content (AvgIpc) is 2.48. The number of benzene rings is 1. The van der Waals surface area contributed by atoms with Crippen LogP contribution in [0.4, 0.5) is 8.78 Å². The second-order valence-electron chi connectivity index (χ2n) is 4.35. The predicted octanol–water partition coefficient (Wildman–Crippen LogP) is 2.89. The van der Waals surface area contributed by atoms with Gasteiger partial charge in [0.05, 0.1) is 12.8 Å². The maximum absolute atomic E-state index is 13.9. The lowest BCUT2D eigenvalue weighted by Crippen LogP contribution is -2.18. The summed E-state index contributed by atoms with van der Waals surface area (Å²) in [6.07, 6.45) is 2.94. The highest BCUT2D eigenvalue weighted by molar-refractivity contribution is 5.35. The number of aromatic nitrogens is 1. The van der Waals surface area contributed by atoms with Crippen molar-refractivity contribution in [3.63, 3.8) is 0 Å². The molecule has 21 heavy (non-hydrogen) atoms. The van der Waals surface area contributed by atoms with E-state index in [1.807, 2.05) is 0 Å². The van der Waals surface area contributed by atoms with E-state index in [-0.39, 0.29) is 5.75 Å². The Morgan fingerprint density at radius 3 is 2.62 bits per heavy atom. The molecule has 0 fully saturated rings. The number of methoxy groups -OCH3 is 1. The van der Waals surface area contributed by atoms with Crippen molar-refractivity contribution >= 4 is 0 Å². The standard InChI is InChI=1S/C15H16F2N2O2/c1-20-6-5-19-9-11-7-13(16)15(14(17)8-11)21-12-3-2-4-18-10-12/h2-4,7-8,10,19H,5-6,9H2,1H3. The second-order valence-corrected chi connectivity index (χ2v) is 4.35. The summed E-state index contributed by atoms with van der Waals surface area (Å²) in [5.74, 6) is -1.64. The number of hydrogen-bond donors (Lipinski definition) is 1. The smallest absolute Gasteiger partial charge is 0.198 e. The van der Waals surface area contributed by atoms with Crippen molar-refractivity contribution in [2.24, 2.45) is 0 Å². The van der Waals surface area contributed by atoms with Crippen LogP contribution in [0.1, 0.15) is 5.56 Å². The summed E-state index contributed by atoms with van der Waals surface area (Å²) in [5.41, 5.74) is 0.500. The Morgan fingerprint density at radius 2 is 2.00 bits per heavy atom. The number of rotatable bonds is 7. The third-order valence-electron chi connectivity index (χ3n) is 2.72. The molecule has 4 nitrogen and oxygen atoms in total. The molecule has 2 aromatic rings. The summed E-state index contributed by atoms with van der Waals surface area (Å²) in [4.78, 5) is 3.82. The Bertz CT molecular complexity index is 556. The van der Waals surface area contributed by atoms with Crippen LogP contribution in [-0.4, -0.2) is 25.2 Å². The molecule has 0 amide bonds. The number of nitrogens with zero attached hydrogens (tertiary/aromatic N) is 1. The Balaban J connectivity index is 2.06. The Kier molecular flexibility index (Phi) is 5.59. The molecule has 0 aliphatic carbocycles. The van der Waals surface area contributed by atoms with Gasteiger partial charge in [0.1, 0.15) is 5.75 Å². The van der Waals surface area contributed by atoms with Gasteiger partial charge in [-0.15, -0.1) is 0 Å². The summed E-state index contributed by atoms with van der Waals surface area (Å²) in [6, 6.07) is 5.69. The third kappa shape index (κ3) is 4.47. The molecule has 0 spiro atoms. The minimum atomic E-state index is -0.748. The average molecular weight is 294 g/mol. The zero-order chi connectivity index (χ0) is 15.1. The van der Waals surface area contributed by atoms with Gasteiger partial charge in [-0.05, 0) is 29.8 Å². The quantitative estimate of drug-likeness (QED) is 0.797. The highest BCUT2D eigenvalue weighted by Gasteiger charge is 2.13. The topological polar surface area (TPSA) is 43.4 Å². The molecule has 1 heterocycles. The van der Waals surface area contributed by atoms with Gasteiger partial charge in [-0.2, -0.15) is 0 Å². The monoisotopic (exact) mass is 294 g/mol. The van der Waals surface area contributed by atoms with Gasteiger partial charge in [0.2, 0.25) is 0 Å². The second kappa shape index (κ2) is 7.66. The van der Waals surface area contributed by atoms with Gasteiger partial charge in [-0.3, -0.25) is 4.98 Å². The van der Waals surface area contributed by atoms with E-state index in [0.29, 0.717) is 25.3 Å². The molecule has 6 heteroatoms. The van der Waals surface area contributed by atoms with Crippen LogP contribution in [0.15, 0.2) is 36.7 Å². The highest BCUT2D eigenvalue weighted by atomic mass is 19.1. The Hall–Kier alpha value is -2.05. The lowest BCUT2D eigenvalue weighted by atomic mass is 10.2. The SMILES string of the molecule is COCCNCc1cc(F)c(Oc2cccnc2)c(F)c1. The number of ether oxygens (including phenoxy) is 2. The first kappa shape index (κ1) is 15.3. The molecule has 0 saturated heterocycles. The predicted molar refractivity (Wildman–Crippen MR) is 74.3 cm³/mol. The molecule has 0 aliphatic rings. The molecule has 112 valence electrons. The molecule has 0 saturated carbocycles. The number of nitrogens with one attached hydrogen (secondary N) is 1. The van der Waals surface area contributed by atoms with E-state index >= 15 is 0 Å². The summed E-state index contributed by atoms with van der Waals surface area (Å²) in [7, 11) is 1.59. The third-order valence-corrected chi connectivity index (χ3v) is 2.72. The van der Waals surface area contributed by atoms with E-state index in [1.165, 1.54) is 18.3 Å². The van der Waals surface area contributed by atoms with Crippen LogP contribution < -0.4 is 10.1 Å². The van der Waals surface area contributed by atoms with E-state index in [9.17, 15) is 8.78 Å². The lowest BCUT2D eigenvalue weighted by molar-refractivity contribution is 0.199. The van der Waals surface area contributed by atoms with Gasteiger partial charge < -0.3 is 14.8 Å². The zero-order valence-electron chi connectivity index (χ0n) is 11.6. The van der Waals surface area contributed by atoms with Crippen LogP contribution in [0, 0.1) is 11.6 Å². The molecule has 1 aromatic carbocycles. The molecule has 0 radical (unpaired) electrons. The van der Waals surface area contributed by atoms with Crippen LogP contribution in [0.25, 0.3) is 0 Å². The maximum Gasteiger partial charge on any atom is 0.198 e. The van der Waals surface area contributed by atoms with Crippen molar-refractivity contribution in [1.29, 1.82) is 0 Å². The summed E-state index contributed by atoms with van der Waals surface area (Å²) in [6.45, 7) is 1.49. The molecule has 2 rings (SSSR count). The van der Waals surface area contributed by atoms with Gasteiger partial charge in [-0.1, -0.05) is 0 Å². The van der Waals surface area contributed by atoms with Crippen molar-refractivity contribution in [1.82, 2.24) is 10.3 Å². The van der Waals surface area contributed by atoms with Gasteiger partial charge >= 0.3 is 0 Å². The first-order chi connectivity index (χ1) is 10.2. The molecule has 1 N–H and O–H groups in total. The normalized spacial score (nSPS) is 10.6. The first-order valence-electron chi connectivity index (χ1n) is 6.46. The number of pyridine rings is 1. The van der Waals surface area contributed by atoms with Crippen LogP contribution >= 0.6 is 0 Å². The van der Waals surface area contributed by atoms with Gasteiger partial charge in [0, 0.05) is 26.4 Å². The summed E-state index contributed by atoms with van der Waals surface area (Å²) < 4.78 is 37.9. The van der Waals surface area contributed by atoms with Gasteiger partial charge in [0.15, 0.2) is 17.4 Å². The maximum atomic E-state index is 13.9. The van der Waals surface area contributed by atoms with Crippen molar-refractivity contribution in [2.75, 3.05) is 20.3 Å². The van der Waals surface area contributed by atoms with E-state index in [2.05, 4.69) is 10.3 Å².